The molecule has 0 fully saturated rings. The van der Waals surface area contributed by atoms with Crippen LogP contribution < -0.4 is 15.4 Å². The number of ether oxygens (including phenoxy) is 1. The van der Waals surface area contributed by atoms with Gasteiger partial charge in [0.2, 0.25) is 0 Å². The largest absolute Gasteiger partial charge is 0.434 e. The van der Waals surface area contributed by atoms with Gasteiger partial charge in [0.25, 0.3) is 0 Å². The van der Waals surface area contributed by atoms with Crippen LogP contribution in [0.5, 0.6) is 5.75 Å². The average molecular weight is 430 g/mol. The van der Waals surface area contributed by atoms with E-state index in [0.717, 1.165) is 0 Å². The third-order valence-electron chi connectivity index (χ3n) is 2.27. The molecular weight excluding hydrogens is 415 g/mol. The van der Waals surface area contributed by atoms with Crippen LogP contribution in [0.4, 0.5) is 8.78 Å². The Labute approximate surface area is 144 Å². The van der Waals surface area contributed by atoms with Crippen LogP contribution in [0.25, 0.3) is 0 Å². The smallest absolute Gasteiger partial charge is 0.387 e. The van der Waals surface area contributed by atoms with E-state index < -0.39 is 6.61 Å². The number of alkyl halides is 2. The molecule has 4 nitrogen and oxygen atoms in total. The lowest BCUT2D eigenvalue weighted by atomic mass is 10.2. The van der Waals surface area contributed by atoms with E-state index in [0.29, 0.717) is 23.1 Å². The van der Waals surface area contributed by atoms with Crippen LogP contribution in [0.3, 0.4) is 0 Å². The maximum Gasteiger partial charge on any atom is 0.387 e. The van der Waals surface area contributed by atoms with Gasteiger partial charge in [-0.25, -0.2) is 0 Å². The predicted octanol–water partition coefficient (Wildman–Crippen LogP) is 2.86. The highest BCUT2D eigenvalue weighted by Gasteiger charge is 2.10. The van der Waals surface area contributed by atoms with Crippen molar-refractivity contribution in [1.82, 2.24) is 10.6 Å². The van der Waals surface area contributed by atoms with Crippen LogP contribution in [0.2, 0.25) is 5.02 Å². The van der Waals surface area contributed by atoms with E-state index in [4.69, 9.17) is 18.0 Å². The van der Waals surface area contributed by atoms with Gasteiger partial charge in [-0.1, -0.05) is 17.5 Å². The van der Waals surface area contributed by atoms with Crippen molar-refractivity contribution in [1.29, 1.82) is 0 Å². The van der Waals surface area contributed by atoms with Crippen molar-refractivity contribution in [2.24, 2.45) is 4.99 Å². The van der Waals surface area contributed by atoms with Gasteiger partial charge in [-0.15, -0.1) is 30.4 Å². The van der Waals surface area contributed by atoms with Crippen LogP contribution in [0.1, 0.15) is 5.56 Å². The summed E-state index contributed by atoms with van der Waals surface area (Å²) in [6.45, 7) is -2.38. The van der Waals surface area contributed by atoms with E-state index in [1.54, 1.807) is 13.1 Å². The van der Waals surface area contributed by atoms with Gasteiger partial charge in [0.15, 0.2) is 5.96 Å². The zero-order chi connectivity index (χ0) is 15.0. The molecule has 0 bridgehead atoms. The van der Waals surface area contributed by atoms with E-state index >= 15 is 0 Å². The number of nitrogens with zero attached hydrogens (tertiary/aromatic N) is 1. The molecule has 0 aromatic heterocycles. The second-order valence-electron chi connectivity index (χ2n) is 3.61. The summed E-state index contributed by atoms with van der Waals surface area (Å²) >= 11 is 5.84. The monoisotopic (exact) mass is 429 g/mol. The maximum atomic E-state index is 12.3. The third kappa shape index (κ3) is 7.34. The summed E-state index contributed by atoms with van der Waals surface area (Å²) in [5.74, 6) is 2.91. The topological polar surface area (TPSA) is 45.7 Å². The van der Waals surface area contributed by atoms with Crippen molar-refractivity contribution < 1.29 is 13.5 Å². The number of rotatable bonds is 5. The Morgan fingerprint density at radius 2 is 2.19 bits per heavy atom. The second-order valence-corrected chi connectivity index (χ2v) is 4.05. The molecule has 0 unspecified atom stereocenters. The Balaban J connectivity index is 0.00000400. The van der Waals surface area contributed by atoms with Crippen LogP contribution >= 0.6 is 35.6 Å². The van der Waals surface area contributed by atoms with Crippen molar-refractivity contribution in [2.45, 2.75) is 13.2 Å². The first-order valence-electron chi connectivity index (χ1n) is 5.68. The van der Waals surface area contributed by atoms with Crippen LogP contribution in [-0.4, -0.2) is 26.2 Å². The zero-order valence-corrected chi connectivity index (χ0v) is 14.3. The minimum absolute atomic E-state index is 0. The number of terminal acetylenes is 1. The summed E-state index contributed by atoms with van der Waals surface area (Å²) in [6, 6.07) is 4.41. The molecular formula is C13H15ClF2IN3O. The minimum Gasteiger partial charge on any atom is -0.434 e. The molecule has 0 aliphatic rings. The van der Waals surface area contributed by atoms with Gasteiger partial charge in [-0.2, -0.15) is 8.78 Å². The Bertz CT molecular complexity index is 521. The highest BCUT2D eigenvalue weighted by Crippen LogP contribution is 2.24. The summed E-state index contributed by atoms with van der Waals surface area (Å²) in [5.41, 5.74) is 0.487. The molecule has 0 aliphatic heterocycles. The van der Waals surface area contributed by atoms with Gasteiger partial charge >= 0.3 is 6.61 Å². The number of halogens is 4. The highest BCUT2D eigenvalue weighted by molar-refractivity contribution is 14.0. The van der Waals surface area contributed by atoms with Crippen LogP contribution in [0.15, 0.2) is 23.2 Å². The van der Waals surface area contributed by atoms with Gasteiger partial charge in [-0.05, 0) is 18.2 Å². The molecule has 1 rings (SSSR count). The van der Waals surface area contributed by atoms with E-state index in [-0.39, 0.29) is 36.3 Å². The molecule has 8 heteroatoms. The van der Waals surface area contributed by atoms with Gasteiger partial charge in [0.1, 0.15) is 5.75 Å². The van der Waals surface area contributed by atoms with Crippen molar-refractivity contribution in [2.75, 3.05) is 13.6 Å². The number of guanidine groups is 1. The van der Waals surface area contributed by atoms with Gasteiger partial charge in [0, 0.05) is 24.2 Å². The maximum absolute atomic E-state index is 12.3. The highest BCUT2D eigenvalue weighted by atomic mass is 127. The predicted molar refractivity (Wildman–Crippen MR) is 90.5 cm³/mol. The molecule has 0 atom stereocenters. The van der Waals surface area contributed by atoms with E-state index in [2.05, 4.69) is 26.3 Å². The molecule has 0 saturated carbocycles. The minimum atomic E-state index is -2.89. The number of benzene rings is 1. The van der Waals surface area contributed by atoms with Crippen molar-refractivity contribution in [3.63, 3.8) is 0 Å². The lowest BCUT2D eigenvalue weighted by Crippen LogP contribution is -2.37. The fraction of sp³-hybridized carbons (Fsp3) is 0.308. The summed E-state index contributed by atoms with van der Waals surface area (Å²) < 4.78 is 29.0. The molecule has 0 spiro atoms. The van der Waals surface area contributed by atoms with Crippen molar-refractivity contribution >= 4 is 41.5 Å². The number of nitrogens with one attached hydrogen (secondary N) is 2. The molecule has 0 radical (unpaired) electrons. The number of aliphatic imine (C=N–C) groups is 1. The molecule has 0 saturated heterocycles. The van der Waals surface area contributed by atoms with Gasteiger partial charge in [-0.3, -0.25) is 4.99 Å². The molecule has 0 aliphatic carbocycles. The number of hydrogen-bond donors (Lipinski definition) is 2. The second kappa shape index (κ2) is 10.5. The number of hydrogen-bond acceptors (Lipinski definition) is 2. The average Bonchev–Trinajstić information content (AvgIpc) is 2.41. The van der Waals surface area contributed by atoms with Crippen LogP contribution in [0, 0.1) is 12.3 Å². The lowest BCUT2D eigenvalue weighted by Gasteiger charge is -2.14. The standard InChI is InChI=1S/C13H14ClF2N3O.HI/c1-3-6-18-13(17-2)19-8-9-7-10(14)4-5-11(9)20-12(15)16;/h1,4-5,7,12H,6,8H2,2H3,(H2,17,18,19);1H. The first-order valence-corrected chi connectivity index (χ1v) is 6.05. The first kappa shape index (κ1) is 19.7. The van der Waals surface area contributed by atoms with E-state index in [1.807, 2.05) is 0 Å². The van der Waals surface area contributed by atoms with Crippen molar-refractivity contribution in [3.05, 3.63) is 28.8 Å². The van der Waals surface area contributed by atoms with E-state index in [9.17, 15) is 8.78 Å². The molecule has 1 aromatic carbocycles. The molecule has 0 amide bonds. The van der Waals surface area contributed by atoms with E-state index in [1.165, 1.54) is 12.1 Å². The zero-order valence-electron chi connectivity index (χ0n) is 11.2. The Morgan fingerprint density at radius 1 is 1.48 bits per heavy atom. The van der Waals surface area contributed by atoms with Crippen LogP contribution in [-0.2, 0) is 6.54 Å². The fourth-order valence-corrected chi connectivity index (χ4v) is 1.63. The van der Waals surface area contributed by atoms with Gasteiger partial charge < -0.3 is 15.4 Å². The first-order chi connectivity index (χ1) is 9.56. The summed E-state index contributed by atoms with van der Waals surface area (Å²) in [4.78, 5) is 3.93. The summed E-state index contributed by atoms with van der Waals surface area (Å²) in [6.07, 6.45) is 5.12. The molecule has 21 heavy (non-hydrogen) atoms. The molecule has 2 N–H and O–H groups in total. The molecule has 1 aromatic rings. The fourth-order valence-electron chi connectivity index (χ4n) is 1.43. The molecule has 116 valence electrons. The van der Waals surface area contributed by atoms with Crippen molar-refractivity contribution in [3.8, 4) is 18.1 Å². The molecule has 0 heterocycles. The Morgan fingerprint density at radius 3 is 2.76 bits per heavy atom. The third-order valence-corrected chi connectivity index (χ3v) is 2.50. The normalized spacial score (nSPS) is 10.6. The summed E-state index contributed by atoms with van der Waals surface area (Å²) in [5, 5.41) is 6.19. The van der Waals surface area contributed by atoms with Gasteiger partial charge in [0.05, 0.1) is 6.54 Å². The lowest BCUT2D eigenvalue weighted by molar-refractivity contribution is -0.0504. The Hall–Kier alpha value is -1.27. The quantitative estimate of drug-likeness (QED) is 0.327. The Kier molecular flexibility index (Phi) is 9.82. The summed E-state index contributed by atoms with van der Waals surface area (Å²) in [7, 11) is 1.57. The SMILES string of the molecule is C#CCNC(=NC)NCc1cc(Cl)ccc1OC(F)F.I.